The number of aromatic nitrogens is 4. The third kappa shape index (κ3) is 3.56. The van der Waals surface area contributed by atoms with Crippen LogP contribution in [0.15, 0.2) is 36.5 Å². The van der Waals surface area contributed by atoms with Crippen LogP contribution in [0, 0.1) is 5.41 Å². The maximum Gasteiger partial charge on any atom is 0.166 e. The molecule has 0 fully saturated rings. The lowest BCUT2D eigenvalue weighted by atomic mass is 9.86. The maximum atomic E-state index is 10.9. The molecule has 3 rings (SSSR count). The summed E-state index contributed by atoms with van der Waals surface area (Å²) in [5, 5.41) is 16.2. The van der Waals surface area contributed by atoms with Crippen LogP contribution in [0.4, 0.5) is 0 Å². The first-order valence-corrected chi connectivity index (χ1v) is 8.90. The van der Waals surface area contributed by atoms with Gasteiger partial charge < -0.3 is 5.11 Å². The number of fused-ring (bicyclic) bond motifs is 1. The molecule has 3 aromatic rings. The van der Waals surface area contributed by atoms with Crippen molar-refractivity contribution >= 4 is 11.0 Å². The number of unbranched alkanes of at least 4 members (excludes halogenated alkanes) is 1. The van der Waals surface area contributed by atoms with Gasteiger partial charge in [-0.1, -0.05) is 52.3 Å². The smallest absolute Gasteiger partial charge is 0.166 e. The molecule has 0 saturated heterocycles. The van der Waals surface area contributed by atoms with Crippen LogP contribution in [0.3, 0.4) is 0 Å². The van der Waals surface area contributed by atoms with Gasteiger partial charge in [0, 0.05) is 6.42 Å². The van der Waals surface area contributed by atoms with E-state index in [9.17, 15) is 5.11 Å². The summed E-state index contributed by atoms with van der Waals surface area (Å²) < 4.78 is 1.82. The normalized spacial score (nSPS) is 13.3. The Morgan fingerprint density at radius 2 is 1.84 bits per heavy atom. The van der Waals surface area contributed by atoms with Crippen molar-refractivity contribution in [1.29, 1.82) is 0 Å². The second-order valence-electron chi connectivity index (χ2n) is 7.53. The van der Waals surface area contributed by atoms with Gasteiger partial charge >= 0.3 is 0 Å². The molecule has 1 N–H and O–H groups in total. The van der Waals surface area contributed by atoms with E-state index in [0.29, 0.717) is 5.69 Å². The largest absolute Gasteiger partial charge is 0.386 e. The van der Waals surface area contributed by atoms with Gasteiger partial charge in [-0.15, -0.1) is 0 Å². The zero-order valence-electron chi connectivity index (χ0n) is 15.4. The van der Waals surface area contributed by atoms with Gasteiger partial charge in [-0.2, -0.15) is 5.10 Å². The molecule has 1 aromatic carbocycles. The highest BCUT2D eigenvalue weighted by Gasteiger charge is 2.28. The second kappa shape index (κ2) is 6.92. The van der Waals surface area contributed by atoms with E-state index in [1.807, 2.05) is 55.8 Å². The molecule has 5 heteroatoms. The number of aliphatic hydroxyl groups is 1. The Labute approximate surface area is 148 Å². The Kier molecular flexibility index (Phi) is 4.86. The first kappa shape index (κ1) is 17.5. The number of nitrogens with zero attached hydrogens (tertiary/aromatic N) is 4. The fraction of sp³-hybridized carbons (Fsp3) is 0.450. The van der Waals surface area contributed by atoms with Gasteiger partial charge in [0.15, 0.2) is 5.65 Å². The zero-order valence-corrected chi connectivity index (χ0v) is 15.4. The molecule has 2 heterocycles. The molecule has 0 amide bonds. The monoisotopic (exact) mass is 338 g/mol. The highest BCUT2D eigenvalue weighted by molar-refractivity contribution is 5.79. The van der Waals surface area contributed by atoms with E-state index < -0.39 is 6.10 Å². The van der Waals surface area contributed by atoms with Gasteiger partial charge in [0.1, 0.15) is 11.9 Å². The second-order valence-corrected chi connectivity index (χ2v) is 7.53. The Morgan fingerprint density at radius 3 is 2.48 bits per heavy atom. The molecule has 132 valence electrons. The van der Waals surface area contributed by atoms with E-state index in [1.165, 1.54) is 0 Å². The highest BCUT2D eigenvalue weighted by atomic mass is 16.3. The molecule has 0 bridgehead atoms. The third-order valence-corrected chi connectivity index (χ3v) is 4.34. The van der Waals surface area contributed by atoms with E-state index >= 15 is 0 Å². The van der Waals surface area contributed by atoms with Crippen molar-refractivity contribution in [3.8, 4) is 5.69 Å². The topological polar surface area (TPSA) is 63.8 Å². The SMILES string of the molecule is CCCCc1nc(C(O)C(C)(C)C)c2cnn(-c3ccccc3)c2n1. The summed E-state index contributed by atoms with van der Waals surface area (Å²) >= 11 is 0. The maximum absolute atomic E-state index is 10.9. The first-order valence-electron chi connectivity index (χ1n) is 8.90. The minimum absolute atomic E-state index is 0.307. The summed E-state index contributed by atoms with van der Waals surface area (Å²) in [5.41, 5.74) is 2.07. The van der Waals surface area contributed by atoms with Gasteiger partial charge in [0.05, 0.1) is 23.0 Å². The Balaban J connectivity index is 2.20. The van der Waals surface area contributed by atoms with Crippen LogP contribution in [0.2, 0.25) is 0 Å². The summed E-state index contributed by atoms with van der Waals surface area (Å²) in [7, 11) is 0. The molecular formula is C20H26N4O. The van der Waals surface area contributed by atoms with Gasteiger partial charge in [0.25, 0.3) is 0 Å². The number of hydrogen-bond acceptors (Lipinski definition) is 4. The minimum atomic E-state index is -0.674. The fourth-order valence-electron chi connectivity index (χ4n) is 2.80. The van der Waals surface area contributed by atoms with Gasteiger partial charge in [-0.05, 0) is 24.0 Å². The predicted octanol–water partition coefficient (Wildman–Crippen LogP) is 4.24. The summed E-state index contributed by atoms with van der Waals surface area (Å²) in [6, 6.07) is 9.94. The van der Waals surface area contributed by atoms with E-state index in [1.54, 1.807) is 6.20 Å². The molecule has 2 aromatic heterocycles. The Bertz CT molecular complexity index is 849. The fourth-order valence-corrected chi connectivity index (χ4v) is 2.80. The van der Waals surface area contributed by atoms with Crippen LogP contribution in [0.25, 0.3) is 16.7 Å². The van der Waals surface area contributed by atoms with Crippen LogP contribution >= 0.6 is 0 Å². The van der Waals surface area contributed by atoms with Crippen molar-refractivity contribution in [3.63, 3.8) is 0 Å². The third-order valence-electron chi connectivity index (χ3n) is 4.34. The van der Waals surface area contributed by atoms with Crippen molar-refractivity contribution in [2.45, 2.75) is 53.1 Å². The van der Waals surface area contributed by atoms with Crippen LogP contribution in [0.5, 0.6) is 0 Å². The van der Waals surface area contributed by atoms with Gasteiger partial charge in [-0.3, -0.25) is 0 Å². The molecule has 0 aliphatic rings. The highest BCUT2D eigenvalue weighted by Crippen LogP contribution is 2.35. The van der Waals surface area contributed by atoms with Crippen molar-refractivity contribution in [2.24, 2.45) is 5.41 Å². The first-order chi connectivity index (χ1) is 11.9. The molecule has 1 unspecified atom stereocenters. The number of hydrogen-bond donors (Lipinski definition) is 1. The molecule has 0 spiro atoms. The van der Waals surface area contributed by atoms with Gasteiger partial charge in [-0.25, -0.2) is 14.6 Å². The summed E-state index contributed by atoms with van der Waals surface area (Å²) in [4.78, 5) is 9.45. The molecule has 25 heavy (non-hydrogen) atoms. The van der Waals surface area contributed by atoms with Crippen LogP contribution in [-0.4, -0.2) is 24.9 Å². The summed E-state index contributed by atoms with van der Waals surface area (Å²) in [6.07, 6.45) is 3.99. The molecule has 0 aliphatic carbocycles. The lowest BCUT2D eigenvalue weighted by Gasteiger charge is -2.26. The summed E-state index contributed by atoms with van der Waals surface area (Å²) in [6.45, 7) is 8.19. The average Bonchev–Trinajstić information content (AvgIpc) is 3.02. The van der Waals surface area contributed by atoms with Crippen LogP contribution in [0.1, 0.15) is 58.2 Å². The minimum Gasteiger partial charge on any atom is -0.386 e. The average molecular weight is 338 g/mol. The van der Waals surface area contributed by atoms with E-state index in [-0.39, 0.29) is 5.41 Å². The summed E-state index contributed by atoms with van der Waals surface area (Å²) in [5.74, 6) is 0.769. The van der Waals surface area contributed by atoms with Crippen molar-refractivity contribution in [3.05, 3.63) is 48.0 Å². The van der Waals surface area contributed by atoms with Gasteiger partial charge in [0.2, 0.25) is 0 Å². The number of aryl methyl sites for hydroxylation is 1. The molecule has 0 radical (unpaired) electrons. The number of aliphatic hydroxyl groups excluding tert-OH is 1. The number of benzene rings is 1. The zero-order chi connectivity index (χ0) is 18.0. The Hall–Kier alpha value is -2.27. The van der Waals surface area contributed by atoms with E-state index in [2.05, 4.69) is 12.0 Å². The molecule has 1 atom stereocenters. The number of para-hydroxylation sites is 1. The van der Waals surface area contributed by atoms with Crippen molar-refractivity contribution in [1.82, 2.24) is 19.7 Å². The molecular weight excluding hydrogens is 312 g/mol. The number of rotatable bonds is 5. The van der Waals surface area contributed by atoms with E-state index in [4.69, 9.17) is 9.97 Å². The molecule has 5 nitrogen and oxygen atoms in total. The Morgan fingerprint density at radius 1 is 1.12 bits per heavy atom. The quantitative estimate of drug-likeness (QED) is 0.756. The molecule has 0 aliphatic heterocycles. The lowest BCUT2D eigenvalue weighted by molar-refractivity contribution is 0.0600. The lowest BCUT2D eigenvalue weighted by Crippen LogP contribution is -2.20. The standard InChI is InChI=1S/C20H26N4O/c1-5-6-12-16-22-17(18(25)20(2,3)4)15-13-21-24(19(15)23-16)14-10-8-7-9-11-14/h7-11,13,18,25H,5-6,12H2,1-4H3. The van der Waals surface area contributed by atoms with E-state index in [0.717, 1.165) is 41.8 Å². The van der Waals surface area contributed by atoms with Crippen LogP contribution in [-0.2, 0) is 6.42 Å². The van der Waals surface area contributed by atoms with Crippen LogP contribution < -0.4 is 0 Å². The molecule has 0 saturated carbocycles. The van der Waals surface area contributed by atoms with Crippen molar-refractivity contribution < 1.29 is 5.11 Å². The predicted molar refractivity (Wildman–Crippen MR) is 99.7 cm³/mol. The van der Waals surface area contributed by atoms with Crippen molar-refractivity contribution in [2.75, 3.05) is 0 Å².